The van der Waals surface area contributed by atoms with Crippen LogP contribution in [0.15, 0.2) is 60.7 Å². The van der Waals surface area contributed by atoms with E-state index in [4.69, 9.17) is 10.9 Å². The number of carbonyl (C=O) groups is 2. The van der Waals surface area contributed by atoms with Gasteiger partial charge in [0.2, 0.25) is 5.91 Å². The van der Waals surface area contributed by atoms with Crippen LogP contribution in [0.5, 0.6) is 0 Å². The molecule has 1 fully saturated rings. The molecule has 7 nitrogen and oxygen atoms in total. The van der Waals surface area contributed by atoms with Crippen molar-refractivity contribution in [2.75, 3.05) is 13.1 Å². The summed E-state index contributed by atoms with van der Waals surface area (Å²) in [7, 11) is 0. The van der Waals surface area contributed by atoms with Crippen molar-refractivity contribution < 1.29 is 14.8 Å². The van der Waals surface area contributed by atoms with Gasteiger partial charge in [0.05, 0.1) is 11.4 Å². The Morgan fingerprint density at radius 1 is 1.00 bits per heavy atom. The van der Waals surface area contributed by atoms with E-state index in [-0.39, 0.29) is 5.91 Å². The van der Waals surface area contributed by atoms with E-state index in [0.717, 1.165) is 5.56 Å². The Morgan fingerprint density at radius 3 is 2.24 bits per heavy atom. The Hall–Kier alpha value is -3.29. The average molecular weight is 392 g/mol. The molecule has 0 bridgehead atoms. The zero-order chi connectivity index (χ0) is 20.7. The maximum atomic E-state index is 12.5. The monoisotopic (exact) mass is 392 g/mol. The highest BCUT2D eigenvalue weighted by Gasteiger charge is 2.33. The van der Waals surface area contributed by atoms with Crippen molar-refractivity contribution in [3.63, 3.8) is 0 Å². The predicted molar refractivity (Wildman–Crippen MR) is 110 cm³/mol. The molecule has 0 atom stereocenters. The summed E-state index contributed by atoms with van der Waals surface area (Å²) in [4.78, 5) is 29.7. The van der Waals surface area contributed by atoms with E-state index in [1.165, 1.54) is 23.7 Å². The molecule has 4 N–H and O–H groups in total. The molecule has 7 heteroatoms. The molecular formula is C22H24N4O3. The average Bonchev–Trinajstić information content (AvgIpc) is 2.77. The molecule has 2 aromatic rings. The first kappa shape index (κ1) is 20.4. The van der Waals surface area contributed by atoms with Gasteiger partial charge in [-0.05, 0) is 42.7 Å². The van der Waals surface area contributed by atoms with Gasteiger partial charge in [0.1, 0.15) is 0 Å². The Kier molecular flexibility index (Phi) is 6.54. The Morgan fingerprint density at radius 2 is 1.62 bits per heavy atom. The minimum absolute atomic E-state index is 0.0810. The topological polar surface area (TPSA) is 109 Å². The number of benzene rings is 1. The minimum Gasteiger partial charge on any atom is -0.339 e. The molecule has 1 aromatic carbocycles. The van der Waals surface area contributed by atoms with Crippen molar-refractivity contribution in [1.29, 1.82) is 0 Å². The lowest BCUT2D eigenvalue weighted by Crippen LogP contribution is -2.49. The molecule has 0 aliphatic carbocycles. The molecule has 0 unspecified atom stereocenters. The highest BCUT2D eigenvalue weighted by molar-refractivity contribution is 5.92. The lowest BCUT2D eigenvalue weighted by Gasteiger charge is -2.39. The summed E-state index contributed by atoms with van der Waals surface area (Å²) in [6, 6.07) is 15.3. The number of amides is 2. The zero-order valence-corrected chi connectivity index (χ0v) is 16.0. The van der Waals surface area contributed by atoms with Crippen LogP contribution in [0.1, 0.15) is 29.8 Å². The minimum atomic E-state index is -0.639. The summed E-state index contributed by atoms with van der Waals surface area (Å²) < 4.78 is 0. The molecule has 2 amide bonds. The summed E-state index contributed by atoms with van der Waals surface area (Å²) in [5.74, 6) is -0.720. The quantitative estimate of drug-likeness (QED) is 0.410. The number of hydroxylamine groups is 1. The third-order valence-corrected chi connectivity index (χ3v) is 5.02. The number of pyridine rings is 1. The molecule has 3 rings (SSSR count). The molecule has 1 saturated heterocycles. The molecule has 0 saturated carbocycles. The molecular weight excluding hydrogens is 368 g/mol. The van der Waals surface area contributed by atoms with Crippen LogP contribution in [-0.2, 0) is 15.1 Å². The molecule has 1 aliphatic rings. The Balaban J connectivity index is 1.59. The van der Waals surface area contributed by atoms with E-state index >= 15 is 0 Å². The number of carbonyl (C=O) groups excluding carboxylic acids is 2. The van der Waals surface area contributed by atoms with Gasteiger partial charge in [-0.3, -0.25) is 14.8 Å². The van der Waals surface area contributed by atoms with Gasteiger partial charge >= 0.3 is 0 Å². The molecule has 0 radical (unpaired) electrons. The smallest absolute Gasteiger partial charge is 0.267 e. The summed E-state index contributed by atoms with van der Waals surface area (Å²) in [6.45, 7) is 1.20. The van der Waals surface area contributed by atoms with Crippen molar-refractivity contribution in [3.05, 3.63) is 77.6 Å². The van der Waals surface area contributed by atoms with Crippen molar-refractivity contribution >= 4 is 24.0 Å². The van der Waals surface area contributed by atoms with Crippen molar-refractivity contribution in [3.8, 4) is 0 Å². The first-order chi connectivity index (χ1) is 14.0. The summed E-state index contributed by atoms with van der Waals surface area (Å²) >= 11 is 0. The number of aromatic nitrogens is 1. The molecule has 1 aromatic heterocycles. The largest absolute Gasteiger partial charge is 0.339 e. The number of nitrogens with one attached hydrogen (secondary N) is 1. The van der Waals surface area contributed by atoms with Gasteiger partial charge in [-0.25, -0.2) is 10.5 Å². The number of piperidine rings is 1. The second-order valence-corrected chi connectivity index (χ2v) is 6.98. The molecule has 0 spiro atoms. The van der Waals surface area contributed by atoms with Crippen LogP contribution < -0.4 is 11.2 Å². The summed E-state index contributed by atoms with van der Waals surface area (Å²) in [5.41, 5.74) is 9.92. The SMILES string of the molecule is NC1(c2ccccc2)CCN(C(=O)/C=C/c2cccc(/C=C/C(=O)NO)n2)CC1. The van der Waals surface area contributed by atoms with Gasteiger partial charge in [0.25, 0.3) is 5.91 Å². The fraction of sp³-hybridized carbons (Fsp3) is 0.227. The van der Waals surface area contributed by atoms with Gasteiger partial charge in [0, 0.05) is 30.8 Å². The number of nitrogens with zero attached hydrogens (tertiary/aromatic N) is 2. The van der Waals surface area contributed by atoms with Gasteiger partial charge in [-0.15, -0.1) is 0 Å². The third-order valence-electron chi connectivity index (χ3n) is 5.02. The third kappa shape index (κ3) is 5.37. The fourth-order valence-corrected chi connectivity index (χ4v) is 3.30. The molecule has 2 heterocycles. The fourth-order valence-electron chi connectivity index (χ4n) is 3.30. The molecule has 29 heavy (non-hydrogen) atoms. The number of nitrogens with two attached hydrogens (primary N) is 1. The highest BCUT2D eigenvalue weighted by atomic mass is 16.5. The van der Waals surface area contributed by atoms with Crippen LogP contribution >= 0.6 is 0 Å². The van der Waals surface area contributed by atoms with E-state index < -0.39 is 11.4 Å². The lowest BCUT2D eigenvalue weighted by atomic mass is 9.82. The van der Waals surface area contributed by atoms with E-state index in [0.29, 0.717) is 37.3 Å². The van der Waals surface area contributed by atoms with Gasteiger partial charge in [-0.2, -0.15) is 0 Å². The summed E-state index contributed by atoms with van der Waals surface area (Å²) in [5, 5.41) is 8.50. The molecule has 1 aliphatic heterocycles. The van der Waals surface area contributed by atoms with Crippen LogP contribution in [0.3, 0.4) is 0 Å². The van der Waals surface area contributed by atoms with Crippen molar-refractivity contribution in [1.82, 2.24) is 15.4 Å². The maximum Gasteiger partial charge on any atom is 0.267 e. The number of rotatable bonds is 5. The van der Waals surface area contributed by atoms with Crippen LogP contribution in [0.25, 0.3) is 12.2 Å². The van der Waals surface area contributed by atoms with Gasteiger partial charge in [0.15, 0.2) is 0 Å². The number of hydrogen-bond acceptors (Lipinski definition) is 5. The highest BCUT2D eigenvalue weighted by Crippen LogP contribution is 2.30. The second-order valence-electron chi connectivity index (χ2n) is 6.98. The standard InChI is InChI=1S/C22H24N4O3/c23-22(17-5-2-1-3-6-17)13-15-26(16-14-22)21(28)12-10-19-8-4-7-18(24-19)9-11-20(27)25-29/h1-12,29H,13-16,23H2,(H,25,27)/b11-9+,12-10+. The first-order valence-electron chi connectivity index (χ1n) is 9.41. The van der Waals surface area contributed by atoms with Gasteiger partial charge in [-0.1, -0.05) is 36.4 Å². The second kappa shape index (κ2) is 9.27. The van der Waals surface area contributed by atoms with Crippen molar-refractivity contribution in [2.24, 2.45) is 5.73 Å². The number of likely N-dealkylation sites (tertiary alicyclic amines) is 1. The predicted octanol–water partition coefficient (Wildman–Crippen LogP) is 2.09. The summed E-state index contributed by atoms with van der Waals surface area (Å²) in [6.07, 6.45) is 7.21. The van der Waals surface area contributed by atoms with E-state index in [9.17, 15) is 9.59 Å². The van der Waals surface area contributed by atoms with Crippen LogP contribution in [0.4, 0.5) is 0 Å². The maximum absolute atomic E-state index is 12.5. The van der Waals surface area contributed by atoms with E-state index in [1.807, 2.05) is 30.3 Å². The first-order valence-corrected chi connectivity index (χ1v) is 9.41. The number of hydrogen-bond donors (Lipinski definition) is 3. The Labute approximate surface area is 169 Å². The van der Waals surface area contributed by atoms with Crippen LogP contribution in [0, 0.1) is 0 Å². The Bertz CT molecular complexity index is 917. The molecule has 150 valence electrons. The van der Waals surface area contributed by atoms with Gasteiger partial charge < -0.3 is 10.6 Å². The van der Waals surface area contributed by atoms with E-state index in [1.54, 1.807) is 29.2 Å². The van der Waals surface area contributed by atoms with Crippen LogP contribution in [0.2, 0.25) is 0 Å². The zero-order valence-electron chi connectivity index (χ0n) is 16.0. The lowest BCUT2D eigenvalue weighted by molar-refractivity contribution is -0.127. The normalized spacial score (nSPS) is 16.3. The van der Waals surface area contributed by atoms with Crippen LogP contribution in [-0.4, -0.2) is 40.0 Å². The van der Waals surface area contributed by atoms with Crippen molar-refractivity contribution in [2.45, 2.75) is 18.4 Å². The van der Waals surface area contributed by atoms with E-state index in [2.05, 4.69) is 4.98 Å².